The topological polar surface area (TPSA) is 64.1 Å². The van der Waals surface area contributed by atoms with E-state index >= 15 is 0 Å². The Bertz CT molecular complexity index is 399. The summed E-state index contributed by atoms with van der Waals surface area (Å²) in [6, 6.07) is 5.43. The minimum atomic E-state index is 0.511. The highest BCUT2D eigenvalue weighted by Gasteiger charge is 2.02. The molecule has 0 aliphatic heterocycles. The fourth-order valence-corrected chi connectivity index (χ4v) is 1.48. The second-order valence-electron chi connectivity index (χ2n) is 3.65. The van der Waals surface area contributed by atoms with Crippen LogP contribution in [0.4, 0.5) is 0 Å². The van der Waals surface area contributed by atoms with E-state index in [4.69, 9.17) is 14.2 Å². The summed E-state index contributed by atoms with van der Waals surface area (Å²) in [5, 5.41) is 6.03. The molecule has 6 nitrogen and oxygen atoms in total. The Morgan fingerprint density at radius 2 is 1.68 bits per heavy atom. The van der Waals surface area contributed by atoms with Crippen LogP contribution in [0.1, 0.15) is 0 Å². The zero-order valence-electron chi connectivity index (χ0n) is 11.8. The lowest BCUT2D eigenvalue weighted by Crippen LogP contribution is -2.37. The van der Waals surface area contributed by atoms with Crippen LogP contribution in [0.15, 0.2) is 23.2 Å². The van der Waals surface area contributed by atoms with Crippen LogP contribution in [0.3, 0.4) is 0 Å². The van der Waals surface area contributed by atoms with Crippen molar-refractivity contribution in [1.82, 2.24) is 10.6 Å². The molecule has 0 aromatic heterocycles. The monoisotopic (exact) mass is 267 g/mol. The van der Waals surface area contributed by atoms with Crippen LogP contribution in [0, 0.1) is 0 Å². The van der Waals surface area contributed by atoms with Crippen molar-refractivity contribution in [2.45, 2.75) is 0 Å². The SMILES string of the molecule is CN=C(NC)NCCOc1cc(OC)cc(OC)c1. The predicted molar refractivity (Wildman–Crippen MR) is 75.5 cm³/mol. The average Bonchev–Trinajstić information content (AvgIpc) is 2.47. The van der Waals surface area contributed by atoms with Gasteiger partial charge in [-0.3, -0.25) is 4.99 Å². The van der Waals surface area contributed by atoms with Gasteiger partial charge in [0.2, 0.25) is 0 Å². The highest BCUT2D eigenvalue weighted by molar-refractivity contribution is 5.79. The lowest BCUT2D eigenvalue weighted by molar-refractivity contribution is 0.315. The van der Waals surface area contributed by atoms with E-state index < -0.39 is 0 Å². The maximum absolute atomic E-state index is 5.63. The molecule has 106 valence electrons. The minimum Gasteiger partial charge on any atom is -0.496 e. The molecule has 0 fully saturated rings. The number of aliphatic imine (C=N–C) groups is 1. The third-order valence-electron chi connectivity index (χ3n) is 2.45. The number of rotatable bonds is 6. The molecule has 0 bridgehead atoms. The molecule has 0 aliphatic carbocycles. The van der Waals surface area contributed by atoms with Crippen LogP contribution < -0.4 is 24.8 Å². The number of benzene rings is 1. The first kappa shape index (κ1) is 14.9. The fourth-order valence-electron chi connectivity index (χ4n) is 1.48. The molecular weight excluding hydrogens is 246 g/mol. The summed E-state index contributed by atoms with van der Waals surface area (Å²) in [7, 11) is 6.74. The normalized spacial score (nSPS) is 10.8. The standard InChI is InChI=1S/C13H21N3O3/c1-14-13(15-2)16-5-6-19-12-8-10(17-3)7-11(9-12)18-4/h7-9H,5-6H2,1-4H3,(H2,14,15,16). The summed E-state index contributed by atoms with van der Waals surface area (Å²) < 4.78 is 16.0. The molecule has 0 spiro atoms. The van der Waals surface area contributed by atoms with Crippen molar-refractivity contribution in [3.8, 4) is 17.2 Å². The summed E-state index contributed by atoms with van der Waals surface area (Å²) in [4.78, 5) is 4.00. The first-order valence-corrected chi connectivity index (χ1v) is 5.97. The van der Waals surface area contributed by atoms with Crippen molar-refractivity contribution in [2.75, 3.05) is 41.5 Å². The van der Waals surface area contributed by atoms with Crippen LogP contribution in [-0.2, 0) is 0 Å². The quantitative estimate of drug-likeness (QED) is 0.455. The van der Waals surface area contributed by atoms with Gasteiger partial charge in [-0.15, -0.1) is 0 Å². The van der Waals surface area contributed by atoms with Crippen molar-refractivity contribution < 1.29 is 14.2 Å². The Morgan fingerprint density at radius 3 is 2.16 bits per heavy atom. The van der Waals surface area contributed by atoms with Crippen LogP contribution in [0.5, 0.6) is 17.2 Å². The molecule has 0 saturated heterocycles. The van der Waals surface area contributed by atoms with Gasteiger partial charge in [0.1, 0.15) is 23.9 Å². The molecule has 2 N–H and O–H groups in total. The minimum absolute atomic E-state index is 0.511. The van der Waals surface area contributed by atoms with E-state index in [0.29, 0.717) is 30.4 Å². The van der Waals surface area contributed by atoms with E-state index in [9.17, 15) is 0 Å². The number of guanidine groups is 1. The summed E-state index contributed by atoms with van der Waals surface area (Å²) in [5.41, 5.74) is 0. The van der Waals surface area contributed by atoms with Gasteiger partial charge < -0.3 is 24.8 Å². The lowest BCUT2D eigenvalue weighted by Gasteiger charge is -2.11. The van der Waals surface area contributed by atoms with E-state index in [2.05, 4.69) is 15.6 Å². The largest absolute Gasteiger partial charge is 0.496 e. The Balaban J connectivity index is 2.48. The number of hydrogen-bond donors (Lipinski definition) is 2. The van der Waals surface area contributed by atoms with Gasteiger partial charge in [0.15, 0.2) is 5.96 Å². The van der Waals surface area contributed by atoms with E-state index in [0.717, 1.165) is 5.96 Å². The lowest BCUT2D eigenvalue weighted by atomic mass is 10.3. The third-order valence-corrected chi connectivity index (χ3v) is 2.45. The Kier molecular flexibility index (Phi) is 6.35. The van der Waals surface area contributed by atoms with Crippen molar-refractivity contribution >= 4 is 5.96 Å². The van der Waals surface area contributed by atoms with Crippen LogP contribution >= 0.6 is 0 Å². The summed E-state index contributed by atoms with van der Waals surface area (Å²) in [6.45, 7) is 1.16. The van der Waals surface area contributed by atoms with Gasteiger partial charge in [-0.05, 0) is 0 Å². The highest BCUT2D eigenvalue weighted by atomic mass is 16.5. The van der Waals surface area contributed by atoms with Crippen molar-refractivity contribution in [3.05, 3.63) is 18.2 Å². The van der Waals surface area contributed by atoms with E-state index in [-0.39, 0.29) is 0 Å². The van der Waals surface area contributed by atoms with Crippen LogP contribution in [-0.4, -0.2) is 47.4 Å². The molecule has 0 atom stereocenters. The van der Waals surface area contributed by atoms with Crippen molar-refractivity contribution in [3.63, 3.8) is 0 Å². The zero-order valence-corrected chi connectivity index (χ0v) is 11.8. The maximum atomic E-state index is 5.63. The summed E-state index contributed by atoms with van der Waals surface area (Å²) in [5.74, 6) is 2.84. The second kappa shape index (κ2) is 8.07. The molecular formula is C13H21N3O3. The highest BCUT2D eigenvalue weighted by Crippen LogP contribution is 2.27. The van der Waals surface area contributed by atoms with Gasteiger partial charge in [-0.1, -0.05) is 0 Å². The molecule has 1 rings (SSSR count). The molecule has 0 unspecified atom stereocenters. The van der Waals surface area contributed by atoms with Gasteiger partial charge >= 0.3 is 0 Å². The molecule has 0 radical (unpaired) electrons. The molecule has 19 heavy (non-hydrogen) atoms. The molecule has 0 aliphatic rings. The summed E-state index contributed by atoms with van der Waals surface area (Å²) in [6.07, 6.45) is 0. The van der Waals surface area contributed by atoms with Crippen molar-refractivity contribution in [1.29, 1.82) is 0 Å². The van der Waals surface area contributed by atoms with Gasteiger partial charge in [-0.25, -0.2) is 0 Å². The second-order valence-corrected chi connectivity index (χ2v) is 3.65. The van der Waals surface area contributed by atoms with E-state index in [1.165, 1.54) is 0 Å². The zero-order chi connectivity index (χ0) is 14.1. The number of hydrogen-bond acceptors (Lipinski definition) is 4. The Morgan fingerprint density at radius 1 is 1.11 bits per heavy atom. The summed E-state index contributed by atoms with van der Waals surface area (Å²) >= 11 is 0. The number of ether oxygens (including phenoxy) is 3. The Hall–Kier alpha value is -2.11. The fraction of sp³-hybridized carbons (Fsp3) is 0.462. The van der Waals surface area contributed by atoms with E-state index in [1.807, 2.05) is 19.2 Å². The molecule has 1 aromatic rings. The average molecular weight is 267 g/mol. The Labute approximate surface area is 113 Å². The van der Waals surface area contributed by atoms with Gasteiger partial charge in [-0.2, -0.15) is 0 Å². The first-order valence-electron chi connectivity index (χ1n) is 5.97. The first-order chi connectivity index (χ1) is 9.23. The third kappa shape index (κ3) is 4.95. The molecule has 1 aromatic carbocycles. The smallest absolute Gasteiger partial charge is 0.190 e. The van der Waals surface area contributed by atoms with Gasteiger partial charge in [0.05, 0.1) is 20.8 Å². The van der Waals surface area contributed by atoms with Crippen LogP contribution in [0.2, 0.25) is 0 Å². The van der Waals surface area contributed by atoms with Crippen molar-refractivity contribution in [2.24, 2.45) is 4.99 Å². The number of nitrogens with zero attached hydrogens (tertiary/aromatic N) is 1. The molecule has 0 amide bonds. The molecule has 0 saturated carbocycles. The molecule has 0 heterocycles. The van der Waals surface area contributed by atoms with Gasteiger partial charge in [0.25, 0.3) is 0 Å². The molecule has 6 heteroatoms. The number of nitrogens with one attached hydrogen (secondary N) is 2. The van der Waals surface area contributed by atoms with E-state index in [1.54, 1.807) is 27.3 Å². The maximum Gasteiger partial charge on any atom is 0.190 e. The number of methoxy groups -OCH3 is 2. The van der Waals surface area contributed by atoms with Crippen LogP contribution in [0.25, 0.3) is 0 Å². The predicted octanol–water partition coefficient (Wildman–Crippen LogP) is 0.877. The van der Waals surface area contributed by atoms with Gasteiger partial charge in [0, 0.05) is 32.3 Å².